The first-order valence-electron chi connectivity index (χ1n) is 5.61. The minimum atomic E-state index is -0.237. The summed E-state index contributed by atoms with van der Waals surface area (Å²) in [5.41, 5.74) is 1.01. The number of aryl methyl sites for hydroxylation is 2. The number of carbonyl (C=O) groups is 1. The van der Waals surface area contributed by atoms with Crippen LogP contribution in [-0.4, -0.2) is 29.4 Å². The molecule has 1 amide bonds. The Bertz CT molecular complexity index is 548. The van der Waals surface area contributed by atoms with Crippen LogP contribution in [0.4, 0.5) is 0 Å². The lowest BCUT2D eigenvalue weighted by Crippen LogP contribution is -2.29. The van der Waals surface area contributed by atoms with Crippen molar-refractivity contribution in [1.29, 1.82) is 0 Å². The van der Waals surface area contributed by atoms with Gasteiger partial charge in [-0.2, -0.15) is 13.8 Å². The van der Waals surface area contributed by atoms with Crippen LogP contribution in [0.5, 0.6) is 0 Å². The summed E-state index contributed by atoms with van der Waals surface area (Å²) in [6, 6.07) is -0.221. The molecule has 0 aliphatic heterocycles. The Morgan fingerprint density at radius 1 is 1.56 bits per heavy atom. The molecule has 1 atom stereocenters. The van der Waals surface area contributed by atoms with E-state index >= 15 is 0 Å². The van der Waals surface area contributed by atoms with Gasteiger partial charge >= 0.3 is 0 Å². The highest BCUT2D eigenvalue weighted by Gasteiger charge is 2.19. The first kappa shape index (κ1) is 12.6. The molecule has 96 valence electrons. The Balaban J connectivity index is 2.10. The van der Waals surface area contributed by atoms with Crippen molar-refractivity contribution < 1.29 is 4.79 Å². The van der Waals surface area contributed by atoms with Crippen LogP contribution >= 0.6 is 11.7 Å². The van der Waals surface area contributed by atoms with E-state index < -0.39 is 0 Å². The zero-order chi connectivity index (χ0) is 13.1. The Hall–Kier alpha value is -1.83. The molecule has 2 heterocycles. The van der Waals surface area contributed by atoms with E-state index in [9.17, 15) is 4.79 Å². The summed E-state index contributed by atoms with van der Waals surface area (Å²) >= 11 is 1.03. The maximum atomic E-state index is 12.0. The molecule has 0 aliphatic carbocycles. The second-order valence-electron chi connectivity index (χ2n) is 3.83. The van der Waals surface area contributed by atoms with Gasteiger partial charge in [-0.3, -0.25) is 4.79 Å². The van der Waals surface area contributed by atoms with Gasteiger partial charge in [-0.25, -0.2) is 9.67 Å². The second-order valence-corrected chi connectivity index (χ2v) is 4.36. The Labute approximate surface area is 109 Å². The van der Waals surface area contributed by atoms with Crippen LogP contribution in [0.2, 0.25) is 0 Å². The van der Waals surface area contributed by atoms with Crippen LogP contribution in [0.3, 0.4) is 0 Å². The number of carbonyl (C=O) groups excluding carboxylic acids is 1. The molecule has 0 bridgehead atoms. The summed E-state index contributed by atoms with van der Waals surface area (Å²) in [5.74, 6) is 0.492. The molecule has 0 saturated heterocycles. The molecular formula is C10H14N6OS. The smallest absolute Gasteiger partial charge is 0.273 e. The summed E-state index contributed by atoms with van der Waals surface area (Å²) in [7, 11) is 0. The fraction of sp³-hybridized carbons (Fsp3) is 0.500. The minimum absolute atomic E-state index is 0.221. The largest absolute Gasteiger partial charge is 0.341 e. The highest BCUT2D eigenvalue weighted by atomic mass is 32.1. The summed E-state index contributed by atoms with van der Waals surface area (Å²) in [6.45, 7) is 6.31. The van der Waals surface area contributed by atoms with Gasteiger partial charge in [0.15, 0.2) is 5.69 Å². The summed E-state index contributed by atoms with van der Waals surface area (Å²) in [6.07, 6.45) is 1.48. The molecule has 0 fully saturated rings. The predicted octanol–water partition coefficient (Wildman–Crippen LogP) is 0.949. The zero-order valence-corrected chi connectivity index (χ0v) is 11.2. The number of hydrogen-bond acceptors (Lipinski definition) is 6. The van der Waals surface area contributed by atoms with Gasteiger partial charge in [-0.15, -0.1) is 0 Å². The Kier molecular flexibility index (Phi) is 3.66. The quantitative estimate of drug-likeness (QED) is 0.890. The molecule has 18 heavy (non-hydrogen) atoms. The standard InChI is InChI=1S/C10H14N6OS/c1-4-16-9(11-5-12-16)7(3)13-10(17)8-6(2)14-18-15-8/h5,7H,4H2,1-3H3,(H,13,17). The van der Waals surface area contributed by atoms with Crippen molar-refractivity contribution in [3.63, 3.8) is 0 Å². The lowest BCUT2D eigenvalue weighted by Gasteiger charge is -2.13. The summed E-state index contributed by atoms with van der Waals surface area (Å²) in [5, 5.41) is 6.91. The van der Waals surface area contributed by atoms with Crippen molar-refractivity contribution in [2.75, 3.05) is 0 Å². The van der Waals surface area contributed by atoms with E-state index in [1.165, 1.54) is 6.33 Å². The van der Waals surface area contributed by atoms with Gasteiger partial charge in [-0.1, -0.05) is 0 Å². The van der Waals surface area contributed by atoms with Crippen molar-refractivity contribution in [2.24, 2.45) is 0 Å². The average Bonchev–Trinajstić information content (AvgIpc) is 2.96. The molecule has 1 N–H and O–H groups in total. The van der Waals surface area contributed by atoms with Crippen molar-refractivity contribution in [2.45, 2.75) is 33.4 Å². The van der Waals surface area contributed by atoms with Gasteiger partial charge in [0.05, 0.1) is 23.5 Å². The molecule has 0 spiro atoms. The molecule has 8 heteroatoms. The maximum Gasteiger partial charge on any atom is 0.273 e. The van der Waals surface area contributed by atoms with Crippen molar-refractivity contribution >= 4 is 17.6 Å². The van der Waals surface area contributed by atoms with E-state index in [-0.39, 0.29) is 11.9 Å². The number of nitrogens with one attached hydrogen (secondary N) is 1. The lowest BCUT2D eigenvalue weighted by molar-refractivity contribution is 0.0932. The number of hydrogen-bond donors (Lipinski definition) is 1. The third-order valence-corrected chi connectivity index (χ3v) is 3.17. The molecule has 0 saturated carbocycles. The normalized spacial score (nSPS) is 12.4. The van der Waals surface area contributed by atoms with E-state index in [2.05, 4.69) is 24.1 Å². The molecule has 2 rings (SSSR count). The highest BCUT2D eigenvalue weighted by Crippen LogP contribution is 2.11. The van der Waals surface area contributed by atoms with Crippen LogP contribution < -0.4 is 5.32 Å². The fourth-order valence-electron chi connectivity index (χ4n) is 1.62. The zero-order valence-electron chi connectivity index (χ0n) is 10.4. The van der Waals surface area contributed by atoms with Gasteiger partial charge in [0.1, 0.15) is 12.2 Å². The van der Waals surface area contributed by atoms with Gasteiger partial charge < -0.3 is 5.32 Å². The topological polar surface area (TPSA) is 85.6 Å². The highest BCUT2D eigenvalue weighted by molar-refractivity contribution is 6.99. The van der Waals surface area contributed by atoms with Crippen molar-refractivity contribution in [3.8, 4) is 0 Å². The van der Waals surface area contributed by atoms with Crippen molar-refractivity contribution in [3.05, 3.63) is 23.5 Å². The second kappa shape index (κ2) is 5.21. The van der Waals surface area contributed by atoms with Gasteiger partial charge in [0.25, 0.3) is 5.91 Å². The number of nitrogens with zero attached hydrogens (tertiary/aromatic N) is 5. The third-order valence-electron chi connectivity index (χ3n) is 2.55. The fourth-order valence-corrected chi connectivity index (χ4v) is 2.17. The molecular weight excluding hydrogens is 252 g/mol. The molecule has 2 aromatic heterocycles. The molecule has 2 aromatic rings. The van der Waals surface area contributed by atoms with Gasteiger partial charge in [-0.05, 0) is 20.8 Å². The average molecular weight is 266 g/mol. The van der Waals surface area contributed by atoms with Crippen LogP contribution in [0, 0.1) is 6.92 Å². The maximum absolute atomic E-state index is 12.0. The van der Waals surface area contributed by atoms with Crippen LogP contribution in [0.1, 0.15) is 41.9 Å². The van der Waals surface area contributed by atoms with E-state index in [1.54, 1.807) is 11.6 Å². The SMILES string of the molecule is CCn1ncnc1C(C)NC(=O)c1nsnc1C. The lowest BCUT2D eigenvalue weighted by atomic mass is 10.2. The molecule has 0 aromatic carbocycles. The third kappa shape index (κ3) is 2.37. The number of amides is 1. The predicted molar refractivity (Wildman–Crippen MR) is 66.2 cm³/mol. The van der Waals surface area contributed by atoms with Gasteiger partial charge in [0, 0.05) is 6.54 Å². The Morgan fingerprint density at radius 2 is 2.33 bits per heavy atom. The summed E-state index contributed by atoms with van der Waals surface area (Å²) in [4.78, 5) is 16.1. The number of aromatic nitrogens is 5. The van der Waals surface area contributed by atoms with Gasteiger partial charge in [0.2, 0.25) is 0 Å². The van der Waals surface area contributed by atoms with E-state index in [0.717, 1.165) is 17.6 Å². The van der Waals surface area contributed by atoms with Crippen molar-refractivity contribution in [1.82, 2.24) is 28.8 Å². The van der Waals surface area contributed by atoms with E-state index in [0.29, 0.717) is 17.9 Å². The molecule has 1 unspecified atom stereocenters. The monoisotopic (exact) mass is 266 g/mol. The van der Waals surface area contributed by atoms with Crippen LogP contribution in [0.15, 0.2) is 6.33 Å². The first-order chi connectivity index (χ1) is 8.63. The van der Waals surface area contributed by atoms with E-state index in [1.807, 2.05) is 13.8 Å². The molecule has 0 aliphatic rings. The minimum Gasteiger partial charge on any atom is -0.341 e. The molecule has 7 nitrogen and oxygen atoms in total. The van der Waals surface area contributed by atoms with Crippen LogP contribution in [0.25, 0.3) is 0 Å². The summed E-state index contributed by atoms with van der Waals surface area (Å²) < 4.78 is 9.69. The molecule has 0 radical (unpaired) electrons. The number of rotatable bonds is 4. The Morgan fingerprint density at radius 3 is 2.94 bits per heavy atom. The van der Waals surface area contributed by atoms with Crippen LogP contribution in [-0.2, 0) is 6.54 Å². The van der Waals surface area contributed by atoms with E-state index in [4.69, 9.17) is 0 Å². The first-order valence-corrected chi connectivity index (χ1v) is 6.34.